The third-order valence-electron chi connectivity index (χ3n) is 5.22. The van der Waals surface area contributed by atoms with E-state index < -0.39 is 5.41 Å². The van der Waals surface area contributed by atoms with Crippen LogP contribution in [0, 0.1) is 0 Å². The van der Waals surface area contributed by atoms with Crippen LogP contribution in [0.3, 0.4) is 0 Å². The molecule has 3 aromatic carbocycles. The molecule has 130 valence electrons. The molecular formula is C23H21NO2. The Kier molecular flexibility index (Phi) is 3.80. The van der Waals surface area contributed by atoms with E-state index in [0.717, 1.165) is 22.4 Å². The maximum Gasteiger partial charge on any atom is 0.244 e. The first-order chi connectivity index (χ1) is 12.5. The molecule has 0 aromatic heterocycles. The van der Waals surface area contributed by atoms with Gasteiger partial charge in [-0.3, -0.25) is 4.79 Å². The minimum Gasteiger partial charge on any atom is -0.508 e. The molecule has 0 spiro atoms. The summed E-state index contributed by atoms with van der Waals surface area (Å²) in [6.45, 7) is 4.21. The highest BCUT2D eigenvalue weighted by Gasteiger charge is 2.51. The molecule has 0 aliphatic carbocycles. The predicted octanol–water partition coefficient (Wildman–Crippen LogP) is 4.80. The number of hydrogen-bond donors (Lipinski definition) is 2. The molecule has 4 rings (SSSR count). The summed E-state index contributed by atoms with van der Waals surface area (Å²) in [6, 6.07) is 23.0. The van der Waals surface area contributed by atoms with Crippen molar-refractivity contribution in [2.75, 3.05) is 5.32 Å². The Labute approximate surface area is 153 Å². The Morgan fingerprint density at radius 2 is 1.58 bits per heavy atom. The zero-order valence-electron chi connectivity index (χ0n) is 14.9. The van der Waals surface area contributed by atoms with Gasteiger partial charge in [-0.05, 0) is 29.2 Å². The fourth-order valence-electron chi connectivity index (χ4n) is 3.87. The van der Waals surface area contributed by atoms with E-state index in [-0.39, 0.29) is 11.7 Å². The standard InChI is InChI=1S/C23H21NO2/c1-15(2)16-12-13-21(25)19(14-16)23(17-8-4-3-5-9-17)18-10-6-7-11-20(18)24-22(23)26/h3-15,25H,1-2H3,(H,24,26). The van der Waals surface area contributed by atoms with Crippen molar-refractivity contribution in [3.8, 4) is 5.75 Å². The number of nitrogens with one attached hydrogen (secondary N) is 1. The highest BCUT2D eigenvalue weighted by Crippen LogP contribution is 2.50. The fraction of sp³-hybridized carbons (Fsp3) is 0.174. The molecule has 1 aliphatic heterocycles. The van der Waals surface area contributed by atoms with Gasteiger partial charge in [-0.2, -0.15) is 0 Å². The maximum atomic E-state index is 13.4. The van der Waals surface area contributed by atoms with Crippen molar-refractivity contribution in [3.63, 3.8) is 0 Å². The summed E-state index contributed by atoms with van der Waals surface area (Å²) in [5.74, 6) is 0.285. The third-order valence-corrected chi connectivity index (χ3v) is 5.22. The lowest BCUT2D eigenvalue weighted by atomic mass is 9.69. The van der Waals surface area contributed by atoms with Gasteiger partial charge in [0.25, 0.3) is 0 Å². The molecule has 3 aromatic rings. The van der Waals surface area contributed by atoms with Crippen LogP contribution in [0.1, 0.15) is 42.0 Å². The van der Waals surface area contributed by atoms with E-state index in [4.69, 9.17) is 0 Å². The number of rotatable bonds is 3. The van der Waals surface area contributed by atoms with E-state index >= 15 is 0 Å². The number of para-hydroxylation sites is 1. The molecule has 1 heterocycles. The number of carbonyl (C=O) groups excluding carboxylic acids is 1. The van der Waals surface area contributed by atoms with Gasteiger partial charge in [0.2, 0.25) is 5.91 Å². The van der Waals surface area contributed by atoms with Crippen molar-refractivity contribution in [1.82, 2.24) is 0 Å². The predicted molar refractivity (Wildman–Crippen MR) is 104 cm³/mol. The van der Waals surface area contributed by atoms with Gasteiger partial charge in [-0.15, -0.1) is 0 Å². The van der Waals surface area contributed by atoms with E-state index in [1.165, 1.54) is 0 Å². The van der Waals surface area contributed by atoms with Gasteiger partial charge in [0.1, 0.15) is 11.2 Å². The smallest absolute Gasteiger partial charge is 0.244 e. The van der Waals surface area contributed by atoms with Crippen LogP contribution in [0.25, 0.3) is 0 Å². The van der Waals surface area contributed by atoms with Crippen molar-refractivity contribution in [1.29, 1.82) is 0 Å². The lowest BCUT2D eigenvalue weighted by molar-refractivity contribution is -0.118. The molecule has 3 nitrogen and oxygen atoms in total. The van der Waals surface area contributed by atoms with Gasteiger partial charge in [-0.25, -0.2) is 0 Å². The summed E-state index contributed by atoms with van der Waals surface area (Å²) in [7, 11) is 0. The summed E-state index contributed by atoms with van der Waals surface area (Å²) >= 11 is 0. The average Bonchev–Trinajstić information content (AvgIpc) is 2.95. The van der Waals surface area contributed by atoms with Gasteiger partial charge in [-0.1, -0.05) is 74.5 Å². The normalized spacial score (nSPS) is 18.7. The molecule has 1 unspecified atom stereocenters. The van der Waals surface area contributed by atoms with Crippen molar-refractivity contribution in [2.24, 2.45) is 0 Å². The van der Waals surface area contributed by atoms with E-state index in [2.05, 4.69) is 19.2 Å². The van der Waals surface area contributed by atoms with Crippen LogP contribution in [0.2, 0.25) is 0 Å². The highest BCUT2D eigenvalue weighted by atomic mass is 16.3. The third kappa shape index (κ3) is 2.24. The zero-order chi connectivity index (χ0) is 18.3. The molecule has 2 N–H and O–H groups in total. The quantitative estimate of drug-likeness (QED) is 0.717. The SMILES string of the molecule is CC(C)c1ccc(O)c(C2(c3ccccc3)C(=O)Nc3ccccc32)c1. The monoisotopic (exact) mass is 343 g/mol. The Balaban J connectivity index is 2.10. The number of hydrogen-bond acceptors (Lipinski definition) is 2. The summed E-state index contributed by atoms with van der Waals surface area (Å²) in [5, 5.41) is 13.8. The van der Waals surface area contributed by atoms with Gasteiger partial charge >= 0.3 is 0 Å². The average molecular weight is 343 g/mol. The van der Waals surface area contributed by atoms with E-state index in [0.29, 0.717) is 11.5 Å². The van der Waals surface area contributed by atoms with Crippen molar-refractivity contribution < 1.29 is 9.90 Å². The Hall–Kier alpha value is -3.07. The number of phenolic OH excluding ortho intramolecular Hbond substituents is 1. The number of carbonyl (C=O) groups is 1. The first-order valence-electron chi connectivity index (χ1n) is 8.85. The molecule has 26 heavy (non-hydrogen) atoms. The van der Waals surface area contributed by atoms with Crippen molar-refractivity contribution in [3.05, 3.63) is 95.1 Å². The maximum absolute atomic E-state index is 13.4. The second kappa shape index (κ2) is 6.03. The summed E-state index contributed by atoms with van der Waals surface area (Å²) < 4.78 is 0. The second-order valence-electron chi connectivity index (χ2n) is 7.05. The number of benzene rings is 3. The summed E-state index contributed by atoms with van der Waals surface area (Å²) in [5.41, 5.74) is 3.15. The number of aromatic hydroxyl groups is 1. The van der Waals surface area contributed by atoms with Crippen LogP contribution >= 0.6 is 0 Å². The van der Waals surface area contributed by atoms with Crippen LogP contribution in [0.5, 0.6) is 5.75 Å². The summed E-state index contributed by atoms with van der Waals surface area (Å²) in [6.07, 6.45) is 0. The van der Waals surface area contributed by atoms with Crippen molar-refractivity contribution in [2.45, 2.75) is 25.2 Å². The van der Waals surface area contributed by atoms with Crippen molar-refractivity contribution >= 4 is 11.6 Å². The first-order valence-corrected chi connectivity index (χ1v) is 8.85. The number of anilines is 1. The Morgan fingerprint density at radius 1 is 0.885 bits per heavy atom. The lowest BCUT2D eigenvalue weighted by Crippen LogP contribution is -2.37. The Morgan fingerprint density at radius 3 is 2.31 bits per heavy atom. The van der Waals surface area contributed by atoms with E-state index in [1.807, 2.05) is 66.7 Å². The summed E-state index contributed by atoms with van der Waals surface area (Å²) in [4.78, 5) is 13.4. The van der Waals surface area contributed by atoms with Crippen LogP contribution in [-0.2, 0) is 10.2 Å². The highest BCUT2D eigenvalue weighted by molar-refractivity contribution is 6.11. The largest absolute Gasteiger partial charge is 0.508 e. The Bertz CT molecular complexity index is 979. The van der Waals surface area contributed by atoms with Gasteiger partial charge in [0.15, 0.2) is 0 Å². The molecule has 1 aliphatic rings. The molecule has 3 heteroatoms. The fourth-order valence-corrected chi connectivity index (χ4v) is 3.87. The van der Waals surface area contributed by atoms with Gasteiger partial charge in [0, 0.05) is 16.8 Å². The first kappa shape index (κ1) is 16.4. The van der Waals surface area contributed by atoms with E-state index in [1.54, 1.807) is 6.07 Å². The molecule has 0 bridgehead atoms. The number of amides is 1. The second-order valence-corrected chi connectivity index (χ2v) is 7.05. The minimum absolute atomic E-state index is 0.130. The van der Waals surface area contributed by atoms with Crippen LogP contribution < -0.4 is 5.32 Å². The number of fused-ring (bicyclic) bond motifs is 1. The molecular weight excluding hydrogens is 322 g/mol. The molecule has 0 saturated heterocycles. The van der Waals surface area contributed by atoms with E-state index in [9.17, 15) is 9.90 Å². The molecule has 1 atom stereocenters. The topological polar surface area (TPSA) is 49.3 Å². The number of phenols is 1. The van der Waals surface area contributed by atoms with Gasteiger partial charge in [0.05, 0.1) is 0 Å². The lowest BCUT2D eigenvalue weighted by Gasteiger charge is -2.30. The molecule has 0 saturated carbocycles. The van der Waals surface area contributed by atoms with Crippen LogP contribution in [0.4, 0.5) is 5.69 Å². The molecule has 0 fully saturated rings. The molecule has 0 radical (unpaired) electrons. The minimum atomic E-state index is -1.06. The van der Waals surface area contributed by atoms with Gasteiger partial charge < -0.3 is 10.4 Å². The van der Waals surface area contributed by atoms with Crippen LogP contribution in [0.15, 0.2) is 72.8 Å². The zero-order valence-corrected chi connectivity index (χ0v) is 14.9. The van der Waals surface area contributed by atoms with Crippen LogP contribution in [-0.4, -0.2) is 11.0 Å². The molecule has 1 amide bonds.